The van der Waals surface area contributed by atoms with Gasteiger partial charge in [0.25, 0.3) is 0 Å². The molecule has 15 atom stereocenters. The van der Waals surface area contributed by atoms with Crippen LogP contribution < -0.4 is 64.6 Å². The maximum atomic E-state index is 16.1. The van der Waals surface area contributed by atoms with Crippen LogP contribution in [0.3, 0.4) is 0 Å². The third-order valence-corrected chi connectivity index (χ3v) is 26.9. The lowest BCUT2D eigenvalue weighted by Gasteiger charge is -2.36. The number of unbranched alkanes of at least 4 members (excludes halogenated alkanes) is 2. The van der Waals surface area contributed by atoms with Crippen molar-refractivity contribution in [3.63, 3.8) is 0 Å². The second-order valence-electron chi connectivity index (χ2n) is 37.6. The van der Waals surface area contributed by atoms with E-state index in [4.69, 9.17) is 11.5 Å². The van der Waals surface area contributed by atoms with Crippen LogP contribution in [-0.2, 0) is 119 Å². The molecule has 1 unspecified atom stereocenters. The Balaban J connectivity index is 1.11. The number of Topliss-reactive ketones (excluding diaryl/α,β-unsaturated/α-hetero) is 1. The number of aromatic hydroxyl groups is 1. The number of thioether (sulfide) groups is 1. The number of amides is 16. The van der Waals surface area contributed by atoms with Gasteiger partial charge in [-0.3, -0.25) is 86.3 Å². The summed E-state index contributed by atoms with van der Waals surface area (Å²) in [5, 5.41) is 60.4. The summed E-state index contributed by atoms with van der Waals surface area (Å²) >= 11 is 0.816. The number of carboxylic acids is 1. The number of para-hydroxylation sites is 2. The van der Waals surface area contributed by atoms with Gasteiger partial charge in [-0.05, 0) is 130 Å². The van der Waals surface area contributed by atoms with Crippen molar-refractivity contribution in [2.24, 2.45) is 29.2 Å². The zero-order valence-corrected chi connectivity index (χ0v) is 82.9. The van der Waals surface area contributed by atoms with Crippen LogP contribution >= 0.6 is 11.8 Å². The average Bonchev–Trinajstić information content (AvgIpc) is 1.67. The number of aromatic nitrogens is 2. The quantitative estimate of drug-likeness (QED) is 0.0334. The van der Waals surface area contributed by atoms with E-state index in [0.29, 0.717) is 64.2 Å². The molecule has 18 N–H and O–H groups in total. The number of carbonyl (C=O) groups excluding carboxylic acids is 17. The Morgan fingerprint density at radius 2 is 1.13 bits per heavy atom. The first-order valence-corrected chi connectivity index (χ1v) is 49.6. The van der Waals surface area contributed by atoms with Crippen LogP contribution in [0.5, 0.6) is 5.75 Å². The van der Waals surface area contributed by atoms with Crippen molar-refractivity contribution in [1.29, 1.82) is 0 Å². The topological polar surface area (TPSA) is 577 Å². The van der Waals surface area contributed by atoms with Gasteiger partial charge in [-0.15, -0.1) is 11.8 Å². The lowest BCUT2D eigenvalue weighted by molar-refractivity contribution is -0.149. The van der Waals surface area contributed by atoms with Crippen molar-refractivity contribution in [2.75, 3.05) is 58.8 Å². The smallest absolute Gasteiger partial charge is 0.323 e. The molecule has 3 aliphatic heterocycles. The molecule has 766 valence electrons. The van der Waals surface area contributed by atoms with Gasteiger partial charge in [-0.1, -0.05) is 153 Å². The maximum Gasteiger partial charge on any atom is 0.323 e. The highest BCUT2D eigenvalue weighted by atomic mass is 32.2. The van der Waals surface area contributed by atoms with E-state index in [1.54, 1.807) is 120 Å². The van der Waals surface area contributed by atoms with Crippen molar-refractivity contribution < 1.29 is 102 Å². The summed E-state index contributed by atoms with van der Waals surface area (Å²) in [6.07, 6.45) is 0.873. The number of rotatable bonds is 28. The van der Waals surface area contributed by atoms with Crippen molar-refractivity contribution >= 4 is 140 Å². The molecule has 141 heavy (non-hydrogen) atoms. The van der Waals surface area contributed by atoms with Gasteiger partial charge in [0.1, 0.15) is 84.8 Å². The van der Waals surface area contributed by atoms with Crippen LogP contribution in [0.2, 0.25) is 0 Å². The van der Waals surface area contributed by atoms with Crippen LogP contribution in [0.1, 0.15) is 174 Å². The van der Waals surface area contributed by atoms with E-state index >= 15 is 38.4 Å². The van der Waals surface area contributed by atoms with Crippen molar-refractivity contribution in [3.8, 4) is 5.75 Å². The molecule has 5 heterocycles. The number of hydrogen-bond acceptors (Lipinski definition) is 22. The van der Waals surface area contributed by atoms with Crippen molar-refractivity contribution in [2.45, 2.75) is 269 Å². The van der Waals surface area contributed by atoms with E-state index in [0.717, 1.165) is 36.9 Å². The van der Waals surface area contributed by atoms with Gasteiger partial charge in [0.05, 0.1) is 30.9 Å². The normalized spacial score (nSPS) is 24.3. The van der Waals surface area contributed by atoms with Crippen LogP contribution in [0.15, 0.2) is 116 Å². The van der Waals surface area contributed by atoms with Crippen LogP contribution in [0.4, 0.5) is 0 Å². The fraction of sp³-hybridized carbons (Fsp3) is 0.540. The standard InChI is InChI=1S/C100H139N19O21S/c1-12-15-30-79-94(134)109-72(41-57(4)5)93(133)113-77(90(130)105-51-85(124)104-49-61-25-18-17-19-26-61)55-141-56-86(125)106-74(43-60-34-36-65(120)37-35-60)96(136)114(9)59(8)88(128)110-76(48-84(102)123)98(138)118-40-24-33-80(118)95(135)107-69(14-3)91(131)111-73(42-58(6)7)99(139)119-53-66(121)47-82(119)83(122)46-62(44-63-50-103-70-29-22-20-27-67(63)70)89(129)108-71(38-39-101)92(132)112-75(97(137)116(11)81(31-16-13-2)100(140)115(79)10)45-64-52-117(54-87(126)127)78-32-23-21-28-68(64)78/h17-23,25-29,32,34-37,50,52,57-59,62,66,69,71-77,79-82,103,120-121H,12-16,24,30-31,33,38-49,51,53-56,101H2,1-11H3,(H2,102,123)(H,104,124)(H,105,130)(H,106,125)(H,107,135)(H,108,129)(H,109,134)(H,110,128)(H,111,131)(H,112,132)(H,113,133)(H,126,127)/t59-,62+,66+,69-,71-,72-,73-,74-,75?,76-,77-,79-,80-,81-,82-/m0/s1. The largest absolute Gasteiger partial charge is 0.508 e. The van der Waals surface area contributed by atoms with Crippen LogP contribution in [-0.4, -0.2) is 299 Å². The summed E-state index contributed by atoms with van der Waals surface area (Å²) < 4.78 is 1.46. The number of ketones is 1. The molecular formula is C100H139N19O21S. The predicted octanol–water partition coefficient (Wildman–Crippen LogP) is 2.13. The molecular weight excluding hydrogens is 1840 g/mol. The number of nitrogens with two attached hydrogens (primary N) is 2. The van der Waals surface area contributed by atoms with E-state index in [2.05, 4.69) is 58.2 Å². The molecule has 0 saturated carbocycles. The minimum absolute atomic E-state index is 0.00937. The number of carbonyl (C=O) groups is 18. The minimum Gasteiger partial charge on any atom is -0.508 e. The van der Waals surface area contributed by atoms with Gasteiger partial charge in [0.15, 0.2) is 5.78 Å². The zero-order valence-electron chi connectivity index (χ0n) is 82.1. The summed E-state index contributed by atoms with van der Waals surface area (Å²) in [7, 11) is 3.98. The van der Waals surface area contributed by atoms with E-state index in [9.17, 15) is 63.3 Å². The first-order valence-electron chi connectivity index (χ1n) is 48.4. The van der Waals surface area contributed by atoms with Gasteiger partial charge >= 0.3 is 5.97 Å². The van der Waals surface area contributed by atoms with Gasteiger partial charge in [0.2, 0.25) is 94.5 Å². The summed E-state index contributed by atoms with van der Waals surface area (Å²) in [6.45, 7) is 11.9. The number of aliphatic hydroxyl groups is 1. The number of nitrogens with one attached hydrogen (secondary N) is 11. The maximum absolute atomic E-state index is 16.1. The highest BCUT2D eigenvalue weighted by Crippen LogP contribution is 2.31. The number of nitrogens with zero attached hydrogens (tertiary/aromatic N) is 6. The third kappa shape index (κ3) is 31.3. The number of primary amides is 1. The molecule has 3 fully saturated rings. The minimum atomic E-state index is -1.74. The van der Waals surface area contributed by atoms with E-state index < -0.39 is 241 Å². The molecule has 16 amide bonds. The molecule has 40 nitrogen and oxygen atoms in total. The van der Waals surface area contributed by atoms with Gasteiger partial charge in [-0.25, -0.2) is 0 Å². The van der Waals surface area contributed by atoms with Gasteiger partial charge in [-0.2, -0.15) is 0 Å². The Hall–Kier alpha value is -13.3. The van der Waals surface area contributed by atoms with Crippen molar-refractivity contribution in [1.82, 2.24) is 87.2 Å². The summed E-state index contributed by atoms with van der Waals surface area (Å²) in [6, 6.07) is 9.25. The molecule has 4 aromatic carbocycles. The SMILES string of the molecule is CCCC[C@H]1C(=O)N(C)[C@@H](CCCC)C(=O)N[C@@H](CC(C)C)C(=O)N[C@H](C(=O)NCC(=O)NCc2ccccc2)CSCC(=O)N[C@@H](Cc2ccc(O)cc2)C(=O)N(C)[C@@H](C)C(=O)N[C@@H](CC(N)=O)C(=O)N2CCC[C@H]2C(=O)N[C@@H](CC)C(=O)N[C@@H](CC(C)C)C(=O)N2C[C@H](O)C[C@H]2C(=O)C[C@@H](Cc2c[nH]c3ccccc23)C(=O)N[C@@H](CCN)C(=O)NC(Cc2cn(CC(=O)O)c3ccccc23)C(=O)N1C. The highest BCUT2D eigenvalue weighted by Gasteiger charge is 2.47. The molecule has 3 aliphatic rings. The summed E-state index contributed by atoms with van der Waals surface area (Å²) in [4.78, 5) is 275. The number of likely N-dealkylation sites (N-methyl/N-ethyl adjacent to an activating group) is 3. The number of aliphatic hydroxyl groups excluding tert-OH is 1. The molecule has 6 aromatic rings. The molecule has 9 rings (SSSR count). The Morgan fingerprint density at radius 3 is 1.79 bits per heavy atom. The molecule has 0 spiro atoms. The number of phenolic OH excluding ortho intramolecular Hbond substituents is 1. The molecule has 0 bridgehead atoms. The lowest BCUT2D eigenvalue weighted by Crippen LogP contribution is -2.60. The molecule has 0 radical (unpaired) electrons. The fourth-order valence-electron chi connectivity index (χ4n) is 18.1. The molecule has 2 aromatic heterocycles. The second-order valence-corrected chi connectivity index (χ2v) is 38.6. The Labute approximate surface area is 824 Å². The van der Waals surface area contributed by atoms with Crippen LogP contribution in [0.25, 0.3) is 21.8 Å². The fourth-order valence-corrected chi connectivity index (χ4v) is 18.9. The number of aliphatic carboxylic acids is 1. The monoisotopic (exact) mass is 1970 g/mol. The Kier molecular flexibility index (Phi) is 42.1. The average molecular weight is 1980 g/mol. The highest BCUT2D eigenvalue weighted by molar-refractivity contribution is 8.00. The second kappa shape index (κ2) is 53.3. The lowest BCUT2D eigenvalue weighted by atomic mass is 9.90. The van der Waals surface area contributed by atoms with Crippen molar-refractivity contribution in [3.05, 3.63) is 138 Å². The summed E-state index contributed by atoms with van der Waals surface area (Å²) in [5.41, 5.74) is 15.3. The van der Waals surface area contributed by atoms with Gasteiger partial charge in [0, 0.05) is 112 Å². The number of H-pyrrole nitrogens is 1. The van der Waals surface area contributed by atoms with Gasteiger partial charge < -0.3 is 114 Å². The van der Waals surface area contributed by atoms with E-state index in [1.165, 1.54) is 68.0 Å². The number of aromatic amines is 1. The number of fused-ring (bicyclic) bond motifs is 4. The Bertz CT molecular complexity index is 5420. The van der Waals surface area contributed by atoms with Crippen LogP contribution in [0, 0.1) is 17.8 Å². The number of hydrogen-bond donors (Lipinski definition) is 16. The number of benzene rings is 4. The zero-order chi connectivity index (χ0) is 103. The molecule has 41 heteroatoms. The third-order valence-electron chi connectivity index (χ3n) is 25.9. The predicted molar refractivity (Wildman–Crippen MR) is 526 cm³/mol. The first-order chi connectivity index (χ1) is 67.1. The first kappa shape index (κ1) is 111. The van der Waals surface area contributed by atoms with E-state index in [1.807, 2.05) is 13.8 Å². The molecule has 0 aliphatic carbocycles. The Morgan fingerprint density at radius 1 is 0.553 bits per heavy atom. The molecule has 3 saturated heterocycles. The van der Waals surface area contributed by atoms with E-state index in [-0.39, 0.29) is 114 Å². The number of phenols is 1. The number of carboxylic acid groups (broad SMARTS) is 1. The summed E-state index contributed by atoms with van der Waals surface area (Å²) in [5.74, 6) is -18.7.